The molecule has 1 aromatic rings. The number of nitrogens with one attached hydrogen (secondary N) is 1. The van der Waals surface area contributed by atoms with Crippen LogP contribution in [0.2, 0.25) is 0 Å². The zero-order chi connectivity index (χ0) is 10.6. The number of amides is 1. The molecule has 1 amide bonds. The van der Waals surface area contributed by atoms with Crippen LogP contribution >= 0.6 is 22.6 Å². The van der Waals surface area contributed by atoms with E-state index in [0.29, 0.717) is 0 Å². The Kier molecular flexibility index (Phi) is 4.01. The van der Waals surface area contributed by atoms with Gasteiger partial charge in [-0.05, 0) is 22.6 Å². The minimum absolute atomic E-state index is 0.267. The lowest BCUT2D eigenvalue weighted by atomic mass is 10.3. The fourth-order valence-corrected chi connectivity index (χ4v) is 1.03. The van der Waals surface area contributed by atoms with Gasteiger partial charge in [-0.3, -0.25) is 4.79 Å². The molecule has 0 saturated carbocycles. The fourth-order valence-electron chi connectivity index (χ4n) is 0.749. The van der Waals surface area contributed by atoms with Crippen molar-refractivity contribution in [1.82, 2.24) is 9.97 Å². The van der Waals surface area contributed by atoms with E-state index in [1.807, 2.05) is 0 Å². The zero-order valence-electron chi connectivity index (χ0n) is 7.14. The van der Waals surface area contributed by atoms with E-state index in [9.17, 15) is 4.79 Å². The number of carbonyl (C=O) groups excluding carboxylic acids is 1. The molecule has 1 aromatic heterocycles. The molecule has 6 nitrogen and oxygen atoms in total. The van der Waals surface area contributed by atoms with Crippen LogP contribution in [0.4, 0.5) is 5.95 Å². The summed E-state index contributed by atoms with van der Waals surface area (Å²) >= 11 is 2.06. The maximum absolute atomic E-state index is 10.7. The number of aliphatic hydroxyl groups is 1. The van der Waals surface area contributed by atoms with Crippen molar-refractivity contribution in [3.63, 3.8) is 0 Å². The third-order valence-electron chi connectivity index (χ3n) is 1.45. The lowest BCUT2D eigenvalue weighted by Gasteiger charge is -2.11. The lowest BCUT2D eigenvalue weighted by Crippen LogP contribution is -2.38. The van der Waals surface area contributed by atoms with Gasteiger partial charge in [0.05, 0.1) is 6.61 Å². The molecule has 0 saturated heterocycles. The van der Waals surface area contributed by atoms with E-state index in [-0.39, 0.29) is 12.6 Å². The Bertz CT molecular complexity index is 316. The van der Waals surface area contributed by atoms with Crippen molar-refractivity contribution >= 4 is 34.4 Å². The molecule has 0 aliphatic heterocycles. The number of carbonyl (C=O) groups is 1. The number of hydrogen-bond donors (Lipinski definition) is 3. The Morgan fingerprint density at radius 2 is 2.21 bits per heavy atom. The molecule has 7 heteroatoms. The van der Waals surface area contributed by atoms with E-state index in [1.165, 1.54) is 0 Å². The maximum Gasteiger partial charge on any atom is 0.242 e. The van der Waals surface area contributed by atoms with Gasteiger partial charge in [0.2, 0.25) is 11.9 Å². The number of primary amides is 1. The number of halogens is 1. The van der Waals surface area contributed by atoms with Gasteiger partial charge >= 0.3 is 0 Å². The average Bonchev–Trinajstić information content (AvgIpc) is 2.16. The number of nitrogens with zero attached hydrogens (tertiary/aromatic N) is 2. The first-order valence-electron chi connectivity index (χ1n) is 3.77. The van der Waals surface area contributed by atoms with Gasteiger partial charge in [0.25, 0.3) is 0 Å². The van der Waals surface area contributed by atoms with Crippen LogP contribution in [0.25, 0.3) is 0 Å². The molecule has 4 N–H and O–H groups in total. The van der Waals surface area contributed by atoms with Crippen molar-refractivity contribution in [2.75, 3.05) is 11.9 Å². The first-order valence-corrected chi connectivity index (χ1v) is 4.85. The minimum Gasteiger partial charge on any atom is -0.394 e. The molecule has 0 radical (unpaired) electrons. The molecule has 0 aliphatic carbocycles. The molecule has 1 atom stereocenters. The Balaban J connectivity index is 2.67. The zero-order valence-corrected chi connectivity index (χ0v) is 9.30. The van der Waals surface area contributed by atoms with Crippen molar-refractivity contribution in [2.45, 2.75) is 6.04 Å². The van der Waals surface area contributed by atoms with Gasteiger partial charge in [-0.2, -0.15) is 0 Å². The van der Waals surface area contributed by atoms with Gasteiger partial charge in [-0.25, -0.2) is 9.97 Å². The van der Waals surface area contributed by atoms with Crippen molar-refractivity contribution < 1.29 is 9.90 Å². The average molecular weight is 308 g/mol. The van der Waals surface area contributed by atoms with Crippen LogP contribution in [-0.2, 0) is 4.79 Å². The standard InChI is InChI=1S/C7H9IN4O2/c8-4-1-10-7(11-2-4)12-5(3-13)6(9)14/h1-2,5,13H,3H2,(H2,9,14)(H,10,11,12)/t5-/m0/s1. The van der Waals surface area contributed by atoms with E-state index >= 15 is 0 Å². The monoisotopic (exact) mass is 308 g/mol. The van der Waals surface area contributed by atoms with E-state index in [4.69, 9.17) is 10.8 Å². The normalized spacial score (nSPS) is 12.1. The molecule has 0 fully saturated rings. The molecule has 14 heavy (non-hydrogen) atoms. The predicted molar refractivity (Wildman–Crippen MR) is 58.4 cm³/mol. The van der Waals surface area contributed by atoms with Crippen LogP contribution in [0.5, 0.6) is 0 Å². The number of aromatic nitrogens is 2. The second kappa shape index (κ2) is 5.05. The molecule has 0 aromatic carbocycles. The van der Waals surface area contributed by atoms with Crippen LogP contribution in [0.15, 0.2) is 12.4 Å². The summed E-state index contributed by atoms with van der Waals surface area (Å²) in [5, 5.41) is 11.4. The molecule has 0 aliphatic rings. The molecule has 0 bridgehead atoms. The molecule has 0 unspecified atom stereocenters. The summed E-state index contributed by atoms with van der Waals surface area (Å²) in [4.78, 5) is 18.5. The minimum atomic E-state index is -0.852. The first-order chi connectivity index (χ1) is 6.63. The number of nitrogens with two attached hydrogens (primary N) is 1. The Hall–Kier alpha value is -0.960. The summed E-state index contributed by atoms with van der Waals surface area (Å²) in [6.45, 7) is -0.384. The quantitative estimate of drug-likeness (QED) is 0.641. The largest absolute Gasteiger partial charge is 0.394 e. The third kappa shape index (κ3) is 3.07. The Labute approximate surface area is 94.1 Å². The topological polar surface area (TPSA) is 101 Å². The van der Waals surface area contributed by atoms with Gasteiger partial charge in [0.15, 0.2) is 0 Å². The highest BCUT2D eigenvalue weighted by molar-refractivity contribution is 14.1. The van der Waals surface area contributed by atoms with Gasteiger partial charge in [-0.15, -0.1) is 0 Å². The predicted octanol–water partition coefficient (Wildman–Crippen LogP) is -0.661. The highest BCUT2D eigenvalue weighted by Crippen LogP contribution is 2.03. The summed E-state index contributed by atoms with van der Waals surface area (Å²) in [6, 6.07) is -0.852. The molecule has 0 spiro atoms. The maximum atomic E-state index is 10.7. The van der Waals surface area contributed by atoms with E-state index in [2.05, 4.69) is 37.9 Å². The number of aliphatic hydroxyl groups excluding tert-OH is 1. The van der Waals surface area contributed by atoms with Crippen molar-refractivity contribution in [3.8, 4) is 0 Å². The number of anilines is 1. The number of hydrogen-bond acceptors (Lipinski definition) is 5. The fraction of sp³-hybridized carbons (Fsp3) is 0.286. The highest BCUT2D eigenvalue weighted by atomic mass is 127. The molecule has 1 heterocycles. The molecule has 1 rings (SSSR count). The van der Waals surface area contributed by atoms with Crippen LogP contribution in [0.1, 0.15) is 0 Å². The lowest BCUT2D eigenvalue weighted by molar-refractivity contribution is -0.119. The van der Waals surface area contributed by atoms with Gasteiger partial charge < -0.3 is 16.2 Å². The Morgan fingerprint density at radius 3 is 2.64 bits per heavy atom. The summed E-state index contributed by atoms with van der Waals surface area (Å²) in [5.74, 6) is -0.377. The Morgan fingerprint density at radius 1 is 1.64 bits per heavy atom. The first kappa shape index (κ1) is 11.1. The van der Waals surface area contributed by atoms with Crippen LogP contribution in [0.3, 0.4) is 0 Å². The van der Waals surface area contributed by atoms with Crippen LogP contribution in [-0.4, -0.2) is 33.6 Å². The van der Waals surface area contributed by atoms with E-state index < -0.39 is 11.9 Å². The number of rotatable bonds is 4. The third-order valence-corrected chi connectivity index (χ3v) is 2.01. The van der Waals surface area contributed by atoms with Gasteiger partial charge in [0, 0.05) is 16.0 Å². The summed E-state index contributed by atoms with van der Waals surface area (Å²) in [6.07, 6.45) is 3.18. The van der Waals surface area contributed by atoms with Gasteiger partial charge in [-0.1, -0.05) is 0 Å². The SMILES string of the molecule is NC(=O)[C@H](CO)Nc1ncc(I)cn1. The van der Waals surface area contributed by atoms with Crippen LogP contribution < -0.4 is 11.1 Å². The van der Waals surface area contributed by atoms with Crippen molar-refractivity contribution in [3.05, 3.63) is 16.0 Å². The van der Waals surface area contributed by atoms with E-state index in [0.717, 1.165) is 3.57 Å². The summed E-state index contributed by atoms with van der Waals surface area (Å²) in [5.41, 5.74) is 5.01. The molecular formula is C7H9IN4O2. The smallest absolute Gasteiger partial charge is 0.242 e. The second-order valence-corrected chi connectivity index (χ2v) is 3.75. The van der Waals surface area contributed by atoms with Crippen LogP contribution in [0, 0.1) is 3.57 Å². The van der Waals surface area contributed by atoms with Crippen molar-refractivity contribution in [1.29, 1.82) is 0 Å². The van der Waals surface area contributed by atoms with Gasteiger partial charge in [0.1, 0.15) is 6.04 Å². The highest BCUT2D eigenvalue weighted by Gasteiger charge is 2.14. The second-order valence-electron chi connectivity index (χ2n) is 2.51. The van der Waals surface area contributed by atoms with E-state index in [1.54, 1.807) is 12.4 Å². The van der Waals surface area contributed by atoms with Crippen molar-refractivity contribution in [2.24, 2.45) is 5.73 Å². The summed E-state index contributed by atoms with van der Waals surface area (Å²) < 4.78 is 0.882. The molecule has 76 valence electrons. The molecular weight excluding hydrogens is 299 g/mol. The summed E-state index contributed by atoms with van der Waals surface area (Å²) in [7, 11) is 0.